The van der Waals surface area contributed by atoms with Gasteiger partial charge in [0.05, 0.1) is 6.26 Å². The van der Waals surface area contributed by atoms with E-state index in [1.165, 1.54) is 10.4 Å². The van der Waals surface area contributed by atoms with E-state index in [9.17, 15) is 0 Å². The first-order valence-corrected chi connectivity index (χ1v) is 11.5. The van der Waals surface area contributed by atoms with Crippen molar-refractivity contribution in [2.24, 2.45) is 5.92 Å². The molecule has 3 rings (SSSR count). The van der Waals surface area contributed by atoms with Crippen molar-refractivity contribution in [2.45, 2.75) is 32.7 Å². The quantitative estimate of drug-likeness (QED) is 0.538. The topological polar surface area (TPSA) is 22.4 Å². The molecule has 0 saturated heterocycles. The number of hydrogen-bond donors (Lipinski definition) is 0. The molecule has 1 atom stereocenters. The van der Waals surface area contributed by atoms with Crippen molar-refractivity contribution >= 4 is 18.7 Å². The van der Waals surface area contributed by atoms with Crippen LogP contribution in [0.3, 0.4) is 0 Å². The van der Waals surface area contributed by atoms with Gasteiger partial charge >= 0.3 is 0 Å². The predicted octanol–water partition coefficient (Wildman–Crippen LogP) is 5.04. The lowest BCUT2D eigenvalue weighted by Gasteiger charge is -2.43. The molecular formula is C24H29O2Si. The van der Waals surface area contributed by atoms with Crippen molar-refractivity contribution in [3.8, 4) is 0 Å². The van der Waals surface area contributed by atoms with Gasteiger partial charge in [0.25, 0.3) is 8.32 Å². The fraction of sp³-hybridized carbons (Fsp3) is 0.292. The smallest absolute Gasteiger partial charge is 0.261 e. The Morgan fingerprint density at radius 3 is 1.89 bits per heavy atom. The van der Waals surface area contributed by atoms with Gasteiger partial charge in [0.15, 0.2) is 0 Å². The molecule has 0 aliphatic rings. The Kier molecular flexibility index (Phi) is 6.03. The Balaban J connectivity index is 1.96. The zero-order chi connectivity index (χ0) is 19.3. The van der Waals surface area contributed by atoms with Gasteiger partial charge in [-0.05, 0) is 33.5 Å². The normalized spacial score (nSPS) is 13.5. The highest BCUT2D eigenvalue weighted by molar-refractivity contribution is 6.99. The Hall–Kier alpha value is -2.10. The SMILES string of the molecule is C[C@@H]([CH]c1ccco1)CO[Si](c1ccccc1)(c1ccccc1)C(C)(C)C. The van der Waals surface area contributed by atoms with Crippen LogP contribution in [0.25, 0.3) is 0 Å². The van der Waals surface area contributed by atoms with E-state index < -0.39 is 8.32 Å². The maximum Gasteiger partial charge on any atom is 0.261 e. The highest BCUT2D eigenvalue weighted by Gasteiger charge is 2.50. The zero-order valence-electron chi connectivity index (χ0n) is 16.7. The minimum Gasteiger partial charge on any atom is -0.469 e. The van der Waals surface area contributed by atoms with Gasteiger partial charge in [-0.2, -0.15) is 0 Å². The van der Waals surface area contributed by atoms with Crippen molar-refractivity contribution in [2.75, 3.05) is 6.61 Å². The van der Waals surface area contributed by atoms with Crippen LogP contribution in [0, 0.1) is 12.3 Å². The monoisotopic (exact) mass is 377 g/mol. The van der Waals surface area contributed by atoms with Crippen molar-refractivity contribution in [1.82, 2.24) is 0 Å². The van der Waals surface area contributed by atoms with E-state index in [-0.39, 0.29) is 11.0 Å². The van der Waals surface area contributed by atoms with Crippen LogP contribution in [0.15, 0.2) is 83.5 Å². The van der Waals surface area contributed by atoms with Crippen LogP contribution in [0.5, 0.6) is 0 Å². The van der Waals surface area contributed by atoms with Crippen LogP contribution in [-0.4, -0.2) is 14.9 Å². The summed E-state index contributed by atoms with van der Waals surface area (Å²) in [5, 5.41) is 2.63. The number of furan rings is 1. The molecule has 0 unspecified atom stereocenters. The molecule has 0 bridgehead atoms. The van der Waals surface area contributed by atoms with Crippen molar-refractivity contribution in [3.05, 3.63) is 91.2 Å². The second-order valence-corrected chi connectivity index (χ2v) is 12.4. The summed E-state index contributed by atoms with van der Waals surface area (Å²) in [7, 11) is -2.46. The summed E-state index contributed by atoms with van der Waals surface area (Å²) in [6, 6.07) is 25.4. The Morgan fingerprint density at radius 2 is 1.44 bits per heavy atom. The first kappa shape index (κ1) is 19.7. The lowest BCUT2D eigenvalue weighted by atomic mass is 10.1. The lowest BCUT2D eigenvalue weighted by Crippen LogP contribution is -2.66. The van der Waals surface area contributed by atoms with Gasteiger partial charge in [-0.15, -0.1) is 0 Å². The summed E-state index contributed by atoms with van der Waals surface area (Å²) in [5.41, 5.74) is 0. The molecule has 141 valence electrons. The molecule has 0 aliphatic heterocycles. The van der Waals surface area contributed by atoms with E-state index in [0.29, 0.717) is 6.61 Å². The van der Waals surface area contributed by atoms with Crippen LogP contribution >= 0.6 is 0 Å². The van der Waals surface area contributed by atoms with E-state index in [2.05, 4.69) is 94.8 Å². The molecule has 1 aromatic heterocycles. The number of benzene rings is 2. The van der Waals surface area contributed by atoms with E-state index in [0.717, 1.165) is 5.76 Å². The van der Waals surface area contributed by atoms with Gasteiger partial charge < -0.3 is 8.84 Å². The molecule has 0 aliphatic carbocycles. The van der Waals surface area contributed by atoms with Crippen LogP contribution in [0.4, 0.5) is 0 Å². The average molecular weight is 378 g/mol. The molecule has 0 fully saturated rings. The Bertz CT molecular complexity index is 765. The third-order valence-corrected chi connectivity index (χ3v) is 9.98. The summed E-state index contributed by atoms with van der Waals surface area (Å²) in [5.74, 6) is 1.16. The number of rotatable bonds is 7. The molecule has 2 aromatic carbocycles. The van der Waals surface area contributed by atoms with Gasteiger partial charge in [-0.3, -0.25) is 0 Å². The maximum atomic E-state index is 6.94. The van der Waals surface area contributed by atoms with Crippen LogP contribution in [0.2, 0.25) is 5.04 Å². The molecule has 1 heterocycles. The molecule has 1 radical (unpaired) electrons. The fourth-order valence-corrected chi connectivity index (χ4v) is 8.40. The maximum absolute atomic E-state index is 6.94. The van der Waals surface area contributed by atoms with Crippen molar-refractivity contribution in [1.29, 1.82) is 0 Å². The van der Waals surface area contributed by atoms with Gasteiger partial charge in [-0.25, -0.2) is 0 Å². The molecule has 2 nitrogen and oxygen atoms in total. The van der Waals surface area contributed by atoms with Gasteiger partial charge in [-0.1, -0.05) is 88.4 Å². The molecule has 0 N–H and O–H groups in total. The molecular weight excluding hydrogens is 348 g/mol. The second-order valence-electron chi connectivity index (χ2n) is 8.13. The predicted molar refractivity (Wildman–Crippen MR) is 115 cm³/mol. The lowest BCUT2D eigenvalue weighted by molar-refractivity contribution is 0.259. The largest absolute Gasteiger partial charge is 0.469 e. The van der Waals surface area contributed by atoms with Crippen LogP contribution in [0.1, 0.15) is 33.5 Å². The summed E-state index contributed by atoms with van der Waals surface area (Å²) in [4.78, 5) is 0. The fourth-order valence-electron chi connectivity index (χ4n) is 3.73. The van der Waals surface area contributed by atoms with E-state index >= 15 is 0 Å². The molecule has 0 spiro atoms. The first-order chi connectivity index (χ1) is 12.9. The van der Waals surface area contributed by atoms with E-state index in [1.54, 1.807) is 6.26 Å². The third kappa shape index (κ3) is 4.25. The van der Waals surface area contributed by atoms with Gasteiger partial charge in [0, 0.05) is 13.0 Å². The average Bonchev–Trinajstić information content (AvgIpc) is 3.16. The first-order valence-electron chi connectivity index (χ1n) is 9.57. The summed E-state index contributed by atoms with van der Waals surface area (Å²) in [6.45, 7) is 9.76. The molecule has 0 amide bonds. The number of hydrogen-bond acceptors (Lipinski definition) is 2. The van der Waals surface area contributed by atoms with E-state index in [4.69, 9.17) is 8.84 Å². The van der Waals surface area contributed by atoms with Crippen LogP contribution in [-0.2, 0) is 4.43 Å². The minimum absolute atomic E-state index is 0.000108. The second kappa shape index (κ2) is 8.28. The third-order valence-electron chi connectivity index (χ3n) is 4.97. The van der Waals surface area contributed by atoms with Gasteiger partial charge in [0.2, 0.25) is 0 Å². The van der Waals surface area contributed by atoms with Crippen LogP contribution < -0.4 is 10.4 Å². The standard InChI is InChI=1S/C24H29O2Si/c1-20(18-21-12-11-17-25-21)19-26-27(24(2,3)4,22-13-7-5-8-14-22)23-15-9-6-10-16-23/h5-18,20H,19H2,1-4H3/t20-/m0/s1. The minimum atomic E-state index is -2.46. The van der Waals surface area contributed by atoms with Crippen molar-refractivity contribution < 1.29 is 8.84 Å². The van der Waals surface area contributed by atoms with Gasteiger partial charge in [0.1, 0.15) is 5.76 Å². The highest BCUT2D eigenvalue weighted by atomic mass is 28.4. The van der Waals surface area contributed by atoms with Crippen molar-refractivity contribution in [3.63, 3.8) is 0 Å². The molecule has 3 heteroatoms. The molecule has 27 heavy (non-hydrogen) atoms. The highest BCUT2D eigenvalue weighted by Crippen LogP contribution is 2.37. The zero-order valence-corrected chi connectivity index (χ0v) is 17.7. The summed E-state index contributed by atoms with van der Waals surface area (Å²) in [6.07, 6.45) is 3.85. The molecule has 0 saturated carbocycles. The summed E-state index contributed by atoms with van der Waals surface area (Å²) >= 11 is 0. The summed E-state index contributed by atoms with van der Waals surface area (Å²) < 4.78 is 12.4. The van der Waals surface area contributed by atoms with E-state index in [1.807, 2.05) is 12.1 Å². The Labute approximate surface area is 164 Å². The Morgan fingerprint density at radius 1 is 0.889 bits per heavy atom. The molecule has 3 aromatic rings.